The first-order valence-corrected chi connectivity index (χ1v) is 7.52. The van der Waals surface area contributed by atoms with Crippen molar-refractivity contribution in [2.75, 3.05) is 20.1 Å². The number of aromatic nitrogens is 2. The van der Waals surface area contributed by atoms with E-state index in [1.54, 1.807) is 0 Å². The molecule has 19 heavy (non-hydrogen) atoms. The van der Waals surface area contributed by atoms with Crippen LogP contribution in [0.1, 0.15) is 24.7 Å². The third-order valence-corrected chi connectivity index (χ3v) is 4.37. The molecule has 0 amide bonds. The molecule has 1 aliphatic heterocycles. The molecule has 0 spiro atoms. The first-order chi connectivity index (χ1) is 9.20. The van der Waals surface area contributed by atoms with Crippen molar-refractivity contribution < 1.29 is 0 Å². The third kappa shape index (κ3) is 2.35. The van der Waals surface area contributed by atoms with Crippen molar-refractivity contribution in [1.29, 1.82) is 0 Å². The van der Waals surface area contributed by atoms with Crippen LogP contribution in [0.4, 0.5) is 0 Å². The van der Waals surface area contributed by atoms with Crippen molar-refractivity contribution in [3.63, 3.8) is 0 Å². The smallest absolute Gasteiger partial charge is 0.125 e. The van der Waals surface area contributed by atoms with Gasteiger partial charge < -0.3 is 9.47 Å². The van der Waals surface area contributed by atoms with Crippen molar-refractivity contribution >= 4 is 34.2 Å². The first kappa shape index (κ1) is 13.2. The van der Waals surface area contributed by atoms with Gasteiger partial charge in [-0.2, -0.15) is 0 Å². The molecule has 102 valence electrons. The molecule has 1 aromatic heterocycles. The molecule has 1 aromatic carbocycles. The van der Waals surface area contributed by atoms with Crippen LogP contribution in [-0.2, 0) is 5.88 Å². The van der Waals surface area contributed by atoms with Crippen LogP contribution in [-0.4, -0.2) is 34.6 Å². The van der Waals surface area contributed by atoms with Crippen LogP contribution in [0.25, 0.3) is 11.0 Å². The van der Waals surface area contributed by atoms with Gasteiger partial charge in [-0.3, -0.25) is 0 Å². The van der Waals surface area contributed by atoms with E-state index in [0.717, 1.165) is 23.4 Å². The van der Waals surface area contributed by atoms with Gasteiger partial charge in [0.2, 0.25) is 0 Å². The SMILES string of the molecule is CN1CCCC(n2c(CCl)nc3c(Cl)cccc32)C1. The Morgan fingerprint density at radius 1 is 1.42 bits per heavy atom. The van der Waals surface area contributed by atoms with E-state index in [9.17, 15) is 0 Å². The van der Waals surface area contributed by atoms with Gasteiger partial charge in [0.15, 0.2) is 0 Å². The fraction of sp³-hybridized carbons (Fsp3) is 0.500. The van der Waals surface area contributed by atoms with Gasteiger partial charge in [-0.25, -0.2) is 4.98 Å². The molecular formula is C14H17Cl2N3. The Bertz CT molecular complexity index is 594. The van der Waals surface area contributed by atoms with E-state index in [1.807, 2.05) is 12.1 Å². The molecule has 2 heterocycles. The molecule has 3 nitrogen and oxygen atoms in total. The van der Waals surface area contributed by atoms with Gasteiger partial charge in [0.25, 0.3) is 0 Å². The summed E-state index contributed by atoms with van der Waals surface area (Å²) in [6, 6.07) is 6.38. The maximum atomic E-state index is 6.24. The summed E-state index contributed by atoms with van der Waals surface area (Å²) >= 11 is 12.3. The van der Waals surface area contributed by atoms with Crippen LogP contribution >= 0.6 is 23.2 Å². The highest BCUT2D eigenvalue weighted by Crippen LogP contribution is 2.31. The molecule has 3 rings (SSSR count). The number of piperidine rings is 1. The third-order valence-electron chi connectivity index (χ3n) is 3.83. The number of likely N-dealkylation sites (tertiary alicyclic amines) is 1. The quantitative estimate of drug-likeness (QED) is 0.788. The molecule has 1 saturated heterocycles. The summed E-state index contributed by atoms with van der Waals surface area (Å²) < 4.78 is 2.28. The molecule has 1 fully saturated rings. The molecular weight excluding hydrogens is 281 g/mol. The average molecular weight is 298 g/mol. The van der Waals surface area contributed by atoms with Crippen LogP contribution < -0.4 is 0 Å². The zero-order chi connectivity index (χ0) is 13.4. The summed E-state index contributed by atoms with van der Waals surface area (Å²) in [5.41, 5.74) is 1.97. The number of fused-ring (bicyclic) bond motifs is 1. The minimum absolute atomic E-state index is 0.422. The van der Waals surface area contributed by atoms with E-state index in [4.69, 9.17) is 23.2 Å². The highest BCUT2D eigenvalue weighted by Gasteiger charge is 2.23. The lowest BCUT2D eigenvalue weighted by molar-refractivity contribution is 0.213. The summed E-state index contributed by atoms with van der Waals surface area (Å²) in [6.45, 7) is 2.21. The molecule has 0 radical (unpaired) electrons. The average Bonchev–Trinajstić information content (AvgIpc) is 2.78. The van der Waals surface area contributed by atoms with Crippen molar-refractivity contribution in [2.45, 2.75) is 24.8 Å². The monoisotopic (exact) mass is 297 g/mol. The number of benzene rings is 1. The van der Waals surface area contributed by atoms with E-state index in [0.29, 0.717) is 16.9 Å². The number of halogens is 2. The van der Waals surface area contributed by atoms with E-state index >= 15 is 0 Å². The molecule has 0 aliphatic carbocycles. The normalized spacial score (nSPS) is 21.1. The Morgan fingerprint density at radius 3 is 3.00 bits per heavy atom. The Labute approximate surface area is 123 Å². The lowest BCUT2D eigenvalue weighted by Gasteiger charge is -2.31. The lowest BCUT2D eigenvalue weighted by atomic mass is 10.1. The Kier molecular flexibility index (Phi) is 3.70. The van der Waals surface area contributed by atoms with E-state index < -0.39 is 0 Å². The minimum atomic E-state index is 0.422. The number of rotatable bonds is 2. The van der Waals surface area contributed by atoms with Crippen molar-refractivity contribution in [3.8, 4) is 0 Å². The summed E-state index contributed by atoms with van der Waals surface area (Å²) in [7, 11) is 2.17. The largest absolute Gasteiger partial charge is 0.323 e. The summed E-state index contributed by atoms with van der Waals surface area (Å²) in [5, 5.41) is 0.701. The maximum absolute atomic E-state index is 6.24. The van der Waals surface area contributed by atoms with Crippen molar-refractivity contribution in [3.05, 3.63) is 29.0 Å². The summed E-state index contributed by atoms with van der Waals surface area (Å²) in [4.78, 5) is 6.98. The number of hydrogen-bond donors (Lipinski definition) is 0. The van der Waals surface area contributed by atoms with Gasteiger partial charge in [0.05, 0.1) is 16.4 Å². The van der Waals surface area contributed by atoms with E-state index in [-0.39, 0.29) is 0 Å². The maximum Gasteiger partial charge on any atom is 0.125 e. The molecule has 2 aromatic rings. The molecule has 1 atom stereocenters. The number of alkyl halides is 1. The number of likely N-dealkylation sites (N-methyl/N-ethyl adjacent to an activating group) is 1. The molecule has 1 unspecified atom stereocenters. The molecule has 0 N–H and O–H groups in total. The minimum Gasteiger partial charge on any atom is -0.323 e. The van der Waals surface area contributed by atoms with Gasteiger partial charge in [0, 0.05) is 12.6 Å². The van der Waals surface area contributed by atoms with Crippen LogP contribution in [0.15, 0.2) is 18.2 Å². The summed E-state index contributed by atoms with van der Waals surface area (Å²) in [6.07, 6.45) is 2.38. The number of para-hydroxylation sites is 1. The standard InChI is InChI=1S/C14H17Cl2N3/c1-18-7-3-4-10(9-18)19-12-6-2-5-11(16)14(12)17-13(19)8-15/h2,5-6,10H,3-4,7-9H2,1H3. The van der Waals surface area contributed by atoms with Crippen molar-refractivity contribution in [2.24, 2.45) is 0 Å². The van der Waals surface area contributed by atoms with E-state index in [2.05, 4.69) is 27.6 Å². The lowest BCUT2D eigenvalue weighted by Crippen LogP contribution is -2.34. The van der Waals surface area contributed by atoms with Crippen molar-refractivity contribution in [1.82, 2.24) is 14.5 Å². The molecule has 5 heteroatoms. The predicted molar refractivity (Wildman–Crippen MR) is 80.1 cm³/mol. The van der Waals surface area contributed by atoms with Gasteiger partial charge in [-0.15, -0.1) is 11.6 Å². The molecule has 1 aliphatic rings. The van der Waals surface area contributed by atoms with Gasteiger partial charge in [-0.05, 0) is 38.6 Å². The second-order valence-corrected chi connectivity index (χ2v) is 5.87. The topological polar surface area (TPSA) is 21.1 Å². The molecule has 0 saturated carbocycles. The zero-order valence-corrected chi connectivity index (χ0v) is 12.5. The highest BCUT2D eigenvalue weighted by atomic mass is 35.5. The summed E-state index contributed by atoms with van der Waals surface area (Å²) in [5.74, 6) is 1.34. The fourth-order valence-electron chi connectivity index (χ4n) is 2.98. The van der Waals surface area contributed by atoms with Crippen LogP contribution in [0.2, 0.25) is 5.02 Å². The fourth-order valence-corrected chi connectivity index (χ4v) is 3.38. The second kappa shape index (κ2) is 5.31. The Morgan fingerprint density at radius 2 is 2.26 bits per heavy atom. The number of imidazole rings is 1. The first-order valence-electron chi connectivity index (χ1n) is 6.60. The number of nitrogens with zero attached hydrogens (tertiary/aromatic N) is 3. The zero-order valence-electron chi connectivity index (χ0n) is 10.9. The van der Waals surface area contributed by atoms with Crippen LogP contribution in [0.3, 0.4) is 0 Å². The van der Waals surface area contributed by atoms with E-state index in [1.165, 1.54) is 19.4 Å². The van der Waals surface area contributed by atoms with Gasteiger partial charge >= 0.3 is 0 Å². The second-order valence-electron chi connectivity index (χ2n) is 5.20. The highest BCUT2D eigenvalue weighted by molar-refractivity contribution is 6.35. The van der Waals surface area contributed by atoms with Gasteiger partial charge in [0.1, 0.15) is 11.3 Å². The number of hydrogen-bond acceptors (Lipinski definition) is 2. The van der Waals surface area contributed by atoms with Gasteiger partial charge in [-0.1, -0.05) is 17.7 Å². The molecule has 0 bridgehead atoms. The van der Waals surface area contributed by atoms with Crippen LogP contribution in [0.5, 0.6) is 0 Å². The Balaban J connectivity index is 2.13. The predicted octanol–water partition coefficient (Wildman–Crippen LogP) is 3.70. The Hall–Kier alpha value is -0.770. The van der Waals surface area contributed by atoms with Crippen LogP contribution in [0, 0.1) is 0 Å².